The van der Waals surface area contributed by atoms with Crippen LogP contribution >= 0.6 is 27.5 Å². The van der Waals surface area contributed by atoms with Crippen LogP contribution in [0.2, 0.25) is 5.02 Å². The Labute approximate surface area is 110 Å². The Morgan fingerprint density at radius 1 is 1.25 bits per heavy atom. The Kier molecular flexibility index (Phi) is 4.25. The third-order valence-electron chi connectivity index (χ3n) is 3.00. The van der Waals surface area contributed by atoms with Crippen LogP contribution < -0.4 is 0 Å². The van der Waals surface area contributed by atoms with Gasteiger partial charge in [0.25, 0.3) is 0 Å². The van der Waals surface area contributed by atoms with Crippen molar-refractivity contribution in [1.82, 2.24) is 9.80 Å². The van der Waals surface area contributed by atoms with Crippen molar-refractivity contribution in [2.75, 3.05) is 33.2 Å². The number of halogens is 2. The van der Waals surface area contributed by atoms with Gasteiger partial charge in [0, 0.05) is 42.2 Å². The van der Waals surface area contributed by atoms with Gasteiger partial charge < -0.3 is 4.90 Å². The Morgan fingerprint density at radius 3 is 2.62 bits per heavy atom. The van der Waals surface area contributed by atoms with Gasteiger partial charge in [0.05, 0.1) is 0 Å². The highest BCUT2D eigenvalue weighted by atomic mass is 79.9. The first-order valence-corrected chi connectivity index (χ1v) is 6.67. The Balaban J connectivity index is 2.00. The van der Waals surface area contributed by atoms with Crippen molar-refractivity contribution in [2.45, 2.75) is 6.54 Å². The number of hydrogen-bond donors (Lipinski definition) is 0. The zero-order valence-corrected chi connectivity index (χ0v) is 11.8. The number of nitrogens with zero attached hydrogens (tertiary/aromatic N) is 2. The van der Waals surface area contributed by atoms with E-state index >= 15 is 0 Å². The van der Waals surface area contributed by atoms with Crippen molar-refractivity contribution < 1.29 is 0 Å². The predicted octanol–water partition coefficient (Wildman–Crippen LogP) is 2.85. The topological polar surface area (TPSA) is 6.48 Å². The maximum absolute atomic E-state index is 6.19. The minimum atomic E-state index is 0.863. The molecule has 1 aromatic rings. The first-order valence-electron chi connectivity index (χ1n) is 5.50. The summed E-state index contributed by atoms with van der Waals surface area (Å²) in [6, 6.07) is 6.05. The molecule has 0 aromatic heterocycles. The molecule has 0 unspecified atom stereocenters. The zero-order chi connectivity index (χ0) is 11.5. The second-order valence-electron chi connectivity index (χ2n) is 4.32. The molecule has 0 amide bonds. The van der Waals surface area contributed by atoms with Crippen LogP contribution in [0.4, 0.5) is 0 Å². The minimum Gasteiger partial charge on any atom is -0.304 e. The maximum Gasteiger partial charge on any atom is 0.0451 e. The van der Waals surface area contributed by atoms with E-state index in [0.717, 1.165) is 42.2 Å². The van der Waals surface area contributed by atoms with E-state index in [9.17, 15) is 0 Å². The lowest BCUT2D eigenvalue weighted by atomic mass is 10.2. The fraction of sp³-hybridized carbons (Fsp3) is 0.500. The van der Waals surface area contributed by atoms with Crippen LogP contribution in [0.5, 0.6) is 0 Å². The summed E-state index contributed by atoms with van der Waals surface area (Å²) in [7, 11) is 2.17. The Hall–Kier alpha value is -0.0900. The van der Waals surface area contributed by atoms with Gasteiger partial charge in [-0.3, -0.25) is 4.90 Å². The van der Waals surface area contributed by atoms with Crippen LogP contribution in [0.25, 0.3) is 0 Å². The molecule has 1 aromatic carbocycles. The van der Waals surface area contributed by atoms with Crippen molar-refractivity contribution in [3.63, 3.8) is 0 Å². The van der Waals surface area contributed by atoms with Gasteiger partial charge in [-0.25, -0.2) is 0 Å². The maximum atomic E-state index is 6.19. The minimum absolute atomic E-state index is 0.863. The number of likely N-dealkylation sites (N-methyl/N-ethyl adjacent to an activating group) is 1. The van der Waals surface area contributed by atoms with Crippen LogP contribution in [-0.4, -0.2) is 43.0 Å². The van der Waals surface area contributed by atoms with Crippen LogP contribution in [-0.2, 0) is 6.54 Å². The van der Waals surface area contributed by atoms with Gasteiger partial charge in [-0.2, -0.15) is 0 Å². The molecule has 4 heteroatoms. The molecular weight excluding hydrogens is 288 g/mol. The molecule has 0 spiro atoms. The van der Waals surface area contributed by atoms with Gasteiger partial charge in [-0.15, -0.1) is 0 Å². The fourth-order valence-electron chi connectivity index (χ4n) is 1.91. The molecule has 2 rings (SSSR count). The highest BCUT2D eigenvalue weighted by Crippen LogP contribution is 2.22. The summed E-state index contributed by atoms with van der Waals surface area (Å²) in [5.74, 6) is 0. The lowest BCUT2D eigenvalue weighted by Crippen LogP contribution is -2.43. The number of rotatable bonds is 2. The van der Waals surface area contributed by atoms with E-state index in [1.807, 2.05) is 12.1 Å². The SMILES string of the molecule is CN1CCN(Cc2cc(Br)ccc2Cl)CC1. The highest BCUT2D eigenvalue weighted by Gasteiger charge is 2.14. The third-order valence-corrected chi connectivity index (χ3v) is 3.86. The summed E-state index contributed by atoms with van der Waals surface area (Å²) in [4.78, 5) is 4.81. The first-order chi connectivity index (χ1) is 7.65. The summed E-state index contributed by atoms with van der Waals surface area (Å²) in [6.45, 7) is 5.49. The second-order valence-corrected chi connectivity index (χ2v) is 5.64. The molecule has 16 heavy (non-hydrogen) atoms. The molecule has 0 atom stereocenters. The van der Waals surface area contributed by atoms with Crippen molar-refractivity contribution in [2.24, 2.45) is 0 Å². The lowest BCUT2D eigenvalue weighted by Gasteiger charge is -2.32. The molecule has 1 aliphatic rings. The quantitative estimate of drug-likeness (QED) is 0.829. The largest absolute Gasteiger partial charge is 0.304 e. The van der Waals surface area contributed by atoms with E-state index < -0.39 is 0 Å². The monoisotopic (exact) mass is 302 g/mol. The van der Waals surface area contributed by atoms with Crippen molar-refractivity contribution >= 4 is 27.5 Å². The average molecular weight is 304 g/mol. The third kappa shape index (κ3) is 3.20. The van der Waals surface area contributed by atoms with Crippen molar-refractivity contribution in [3.05, 3.63) is 33.3 Å². The summed E-state index contributed by atoms with van der Waals surface area (Å²) in [6.07, 6.45) is 0. The summed E-state index contributed by atoms with van der Waals surface area (Å²) >= 11 is 9.67. The molecule has 0 N–H and O–H groups in total. The smallest absolute Gasteiger partial charge is 0.0451 e. The molecule has 0 saturated carbocycles. The normalized spacial score (nSPS) is 18.9. The van der Waals surface area contributed by atoms with E-state index in [-0.39, 0.29) is 0 Å². The molecule has 88 valence electrons. The van der Waals surface area contributed by atoms with Crippen molar-refractivity contribution in [1.29, 1.82) is 0 Å². The summed E-state index contributed by atoms with van der Waals surface area (Å²) < 4.78 is 1.10. The molecule has 0 bridgehead atoms. The van der Waals surface area contributed by atoms with Crippen LogP contribution in [0, 0.1) is 0 Å². The van der Waals surface area contributed by atoms with Crippen LogP contribution in [0.3, 0.4) is 0 Å². The molecule has 0 aliphatic carbocycles. The van der Waals surface area contributed by atoms with Gasteiger partial charge in [-0.1, -0.05) is 27.5 Å². The first kappa shape index (κ1) is 12.4. The summed E-state index contributed by atoms with van der Waals surface area (Å²) in [5, 5.41) is 0.863. The Bertz CT molecular complexity index is 362. The van der Waals surface area contributed by atoms with Gasteiger partial charge in [-0.05, 0) is 30.8 Å². The summed E-state index contributed by atoms with van der Waals surface area (Å²) in [5.41, 5.74) is 1.21. The molecule has 1 fully saturated rings. The second kappa shape index (κ2) is 5.50. The standard InChI is InChI=1S/C12H16BrClN2/c1-15-4-6-16(7-5-15)9-10-8-11(13)2-3-12(10)14/h2-3,8H,4-7,9H2,1H3. The molecule has 1 heterocycles. The molecule has 1 aliphatic heterocycles. The zero-order valence-electron chi connectivity index (χ0n) is 9.42. The van der Waals surface area contributed by atoms with E-state index in [1.165, 1.54) is 5.56 Å². The van der Waals surface area contributed by atoms with Gasteiger partial charge in [0.15, 0.2) is 0 Å². The number of piperazine rings is 1. The number of benzene rings is 1. The molecule has 2 nitrogen and oxygen atoms in total. The van der Waals surface area contributed by atoms with E-state index in [1.54, 1.807) is 0 Å². The van der Waals surface area contributed by atoms with Gasteiger partial charge in [0.1, 0.15) is 0 Å². The average Bonchev–Trinajstić information content (AvgIpc) is 2.27. The van der Waals surface area contributed by atoms with Crippen LogP contribution in [0.15, 0.2) is 22.7 Å². The van der Waals surface area contributed by atoms with Crippen molar-refractivity contribution in [3.8, 4) is 0 Å². The molecule has 1 saturated heterocycles. The number of hydrogen-bond acceptors (Lipinski definition) is 2. The van der Waals surface area contributed by atoms with Gasteiger partial charge in [0.2, 0.25) is 0 Å². The lowest BCUT2D eigenvalue weighted by molar-refractivity contribution is 0.148. The fourth-order valence-corrected chi connectivity index (χ4v) is 2.50. The molecular formula is C12H16BrClN2. The predicted molar refractivity (Wildman–Crippen MR) is 71.9 cm³/mol. The van der Waals surface area contributed by atoms with Gasteiger partial charge >= 0.3 is 0 Å². The molecule has 0 radical (unpaired) electrons. The van der Waals surface area contributed by atoms with Crippen LogP contribution in [0.1, 0.15) is 5.56 Å². The van der Waals surface area contributed by atoms with E-state index in [2.05, 4.69) is 38.8 Å². The highest BCUT2D eigenvalue weighted by molar-refractivity contribution is 9.10. The van der Waals surface area contributed by atoms with E-state index in [4.69, 9.17) is 11.6 Å². The Morgan fingerprint density at radius 2 is 1.94 bits per heavy atom. The van der Waals surface area contributed by atoms with E-state index in [0.29, 0.717) is 0 Å².